The van der Waals surface area contributed by atoms with Crippen LogP contribution in [0, 0.1) is 0 Å². The van der Waals surface area contributed by atoms with E-state index in [0.717, 1.165) is 0 Å². The normalized spacial score (nSPS) is 10.5. The first kappa shape index (κ1) is 7.72. The summed E-state index contributed by atoms with van der Waals surface area (Å²) in [5, 5.41) is 4.58. The van der Waals surface area contributed by atoms with Crippen LogP contribution in [0.1, 0.15) is 0 Å². The highest BCUT2D eigenvalue weighted by molar-refractivity contribution is 5.71. The number of hydrogen-bond acceptors (Lipinski definition) is 3. The van der Waals surface area contributed by atoms with Crippen LogP contribution < -0.4 is 5.56 Å². The van der Waals surface area contributed by atoms with E-state index in [1.807, 2.05) is 0 Å². The van der Waals surface area contributed by atoms with Crippen molar-refractivity contribution in [2.75, 3.05) is 0 Å². The fraction of sp³-hybridized carbons (Fsp3) is 0.125. The Morgan fingerprint density at radius 1 is 1.69 bits per heavy atom. The van der Waals surface area contributed by atoms with Gasteiger partial charge >= 0.3 is 0 Å². The summed E-state index contributed by atoms with van der Waals surface area (Å²) in [5.41, 5.74) is 0.297. The summed E-state index contributed by atoms with van der Waals surface area (Å²) in [7, 11) is 0. The minimum absolute atomic E-state index is 0.166. The minimum Gasteiger partial charge on any atom is -0.312 e. The molecule has 66 valence electrons. The molecule has 2 rings (SSSR count). The smallest absolute Gasteiger partial charge is 0.261 e. The third kappa shape index (κ3) is 1.24. The Hall–Kier alpha value is -1.91. The number of nitrogens with zero attached hydrogens (tertiary/aromatic N) is 3. The van der Waals surface area contributed by atoms with Crippen molar-refractivity contribution in [3.63, 3.8) is 0 Å². The molecule has 0 amide bonds. The Balaban J connectivity index is 2.68. The van der Waals surface area contributed by atoms with Crippen LogP contribution in [0.5, 0.6) is 0 Å². The average molecular weight is 176 g/mol. The molecule has 0 aliphatic carbocycles. The third-order valence-corrected chi connectivity index (χ3v) is 1.69. The third-order valence-electron chi connectivity index (χ3n) is 1.69. The molecule has 0 bridgehead atoms. The lowest BCUT2D eigenvalue weighted by molar-refractivity contribution is 0.709. The number of nitrogens with one attached hydrogen (secondary N) is 1. The van der Waals surface area contributed by atoms with Crippen LogP contribution in [0.15, 0.2) is 30.0 Å². The van der Waals surface area contributed by atoms with Gasteiger partial charge in [-0.1, -0.05) is 6.08 Å². The van der Waals surface area contributed by atoms with Crippen LogP contribution >= 0.6 is 0 Å². The quantitative estimate of drug-likeness (QED) is 0.669. The highest BCUT2D eigenvalue weighted by Gasteiger charge is 2.02. The van der Waals surface area contributed by atoms with Crippen LogP contribution in [-0.4, -0.2) is 19.7 Å². The zero-order valence-electron chi connectivity index (χ0n) is 6.90. The lowest BCUT2D eigenvalue weighted by Crippen LogP contribution is -2.04. The molecule has 0 aliphatic heterocycles. The second kappa shape index (κ2) is 2.85. The van der Waals surface area contributed by atoms with Gasteiger partial charge in [0.2, 0.25) is 0 Å². The summed E-state index contributed by atoms with van der Waals surface area (Å²) in [5.74, 6) is 0. The Kier molecular flexibility index (Phi) is 1.70. The lowest BCUT2D eigenvalue weighted by Gasteiger charge is -1.89. The van der Waals surface area contributed by atoms with Crippen LogP contribution in [0.25, 0.3) is 11.0 Å². The number of aromatic nitrogens is 4. The number of fused-ring (bicyclic) bond motifs is 1. The number of aromatic amines is 1. The van der Waals surface area contributed by atoms with E-state index in [-0.39, 0.29) is 5.56 Å². The maximum atomic E-state index is 11.2. The van der Waals surface area contributed by atoms with Gasteiger partial charge in [-0.2, -0.15) is 5.10 Å². The fourth-order valence-corrected chi connectivity index (χ4v) is 1.12. The van der Waals surface area contributed by atoms with Crippen molar-refractivity contribution in [2.45, 2.75) is 6.54 Å². The van der Waals surface area contributed by atoms with Crippen molar-refractivity contribution in [1.29, 1.82) is 0 Å². The second-order valence-corrected chi connectivity index (χ2v) is 2.61. The van der Waals surface area contributed by atoms with Crippen molar-refractivity contribution in [3.8, 4) is 0 Å². The highest BCUT2D eigenvalue weighted by Crippen LogP contribution is 2.01. The molecule has 5 nitrogen and oxygen atoms in total. The Labute approximate surface area is 73.7 Å². The summed E-state index contributed by atoms with van der Waals surface area (Å²) in [4.78, 5) is 17.6. The van der Waals surface area contributed by atoms with Gasteiger partial charge in [0.05, 0.1) is 12.9 Å². The summed E-state index contributed by atoms with van der Waals surface area (Å²) >= 11 is 0. The van der Waals surface area contributed by atoms with Crippen molar-refractivity contribution < 1.29 is 0 Å². The van der Waals surface area contributed by atoms with Gasteiger partial charge in [-0.05, 0) is 0 Å². The molecule has 0 aliphatic rings. The monoisotopic (exact) mass is 176 g/mol. The number of H-pyrrole nitrogens is 1. The minimum atomic E-state index is -0.166. The molecule has 2 aromatic rings. The van der Waals surface area contributed by atoms with E-state index in [0.29, 0.717) is 17.6 Å². The predicted octanol–water partition coefficient (Wildman–Crippen LogP) is 0.306. The van der Waals surface area contributed by atoms with E-state index in [2.05, 4.69) is 21.6 Å². The lowest BCUT2D eigenvalue weighted by atomic mass is 10.4. The molecule has 0 aromatic carbocycles. The van der Waals surface area contributed by atoms with Crippen LogP contribution in [0.4, 0.5) is 0 Å². The van der Waals surface area contributed by atoms with E-state index in [1.165, 1.54) is 6.33 Å². The van der Waals surface area contributed by atoms with Gasteiger partial charge in [-0.25, -0.2) is 4.98 Å². The number of hydrogen-bond donors (Lipinski definition) is 1. The van der Waals surface area contributed by atoms with Crippen molar-refractivity contribution in [1.82, 2.24) is 19.7 Å². The van der Waals surface area contributed by atoms with Crippen molar-refractivity contribution >= 4 is 11.0 Å². The van der Waals surface area contributed by atoms with E-state index < -0.39 is 0 Å². The van der Waals surface area contributed by atoms with E-state index in [9.17, 15) is 4.79 Å². The highest BCUT2D eigenvalue weighted by atomic mass is 16.1. The summed E-state index contributed by atoms with van der Waals surface area (Å²) in [6.07, 6.45) is 4.71. The molecule has 2 aromatic heterocycles. The zero-order valence-corrected chi connectivity index (χ0v) is 6.90. The first-order chi connectivity index (χ1) is 6.31. The molecule has 0 saturated heterocycles. The molecule has 0 fully saturated rings. The van der Waals surface area contributed by atoms with Crippen LogP contribution in [0.3, 0.4) is 0 Å². The van der Waals surface area contributed by atoms with Gasteiger partial charge in [0.25, 0.3) is 5.56 Å². The van der Waals surface area contributed by atoms with Gasteiger partial charge in [-0.15, -0.1) is 6.58 Å². The molecule has 5 heteroatoms. The first-order valence-corrected chi connectivity index (χ1v) is 3.83. The number of allylic oxidation sites excluding steroid dienone is 1. The van der Waals surface area contributed by atoms with Crippen molar-refractivity contribution in [3.05, 3.63) is 35.5 Å². The molecule has 0 saturated carbocycles. The predicted molar refractivity (Wildman–Crippen MR) is 48.3 cm³/mol. The Bertz CT molecular complexity index is 496. The molecule has 0 spiro atoms. The second-order valence-electron chi connectivity index (χ2n) is 2.61. The van der Waals surface area contributed by atoms with Crippen LogP contribution in [0.2, 0.25) is 0 Å². The molecule has 0 atom stereocenters. The van der Waals surface area contributed by atoms with E-state index >= 15 is 0 Å². The van der Waals surface area contributed by atoms with Gasteiger partial charge in [0.15, 0.2) is 5.65 Å². The summed E-state index contributed by atoms with van der Waals surface area (Å²) in [6.45, 7) is 4.16. The SMILES string of the molecule is C=CCn1cc2c(=O)[nH]cnc2n1. The molecule has 1 N–H and O–H groups in total. The van der Waals surface area contributed by atoms with E-state index in [4.69, 9.17) is 0 Å². The topological polar surface area (TPSA) is 63.6 Å². The number of rotatable bonds is 2. The van der Waals surface area contributed by atoms with Gasteiger partial charge in [-0.3, -0.25) is 9.48 Å². The Morgan fingerprint density at radius 3 is 3.23 bits per heavy atom. The summed E-state index contributed by atoms with van der Waals surface area (Å²) in [6, 6.07) is 0. The first-order valence-electron chi connectivity index (χ1n) is 3.83. The molecule has 0 radical (unpaired) electrons. The largest absolute Gasteiger partial charge is 0.312 e. The van der Waals surface area contributed by atoms with E-state index in [1.54, 1.807) is 17.0 Å². The van der Waals surface area contributed by atoms with Gasteiger partial charge in [0.1, 0.15) is 5.39 Å². The molecule has 0 unspecified atom stereocenters. The fourth-order valence-electron chi connectivity index (χ4n) is 1.12. The summed E-state index contributed by atoms with van der Waals surface area (Å²) < 4.78 is 1.62. The standard InChI is InChI=1S/C8H8N4O/c1-2-3-12-4-6-7(11-12)9-5-10-8(6)13/h2,4-5H,1,3H2,(H,9,10,11,13). The average Bonchev–Trinajstić information content (AvgIpc) is 2.49. The van der Waals surface area contributed by atoms with Crippen molar-refractivity contribution in [2.24, 2.45) is 0 Å². The van der Waals surface area contributed by atoms with Crippen LogP contribution in [-0.2, 0) is 6.54 Å². The Morgan fingerprint density at radius 2 is 2.54 bits per heavy atom. The maximum Gasteiger partial charge on any atom is 0.261 e. The molecule has 13 heavy (non-hydrogen) atoms. The van der Waals surface area contributed by atoms with Gasteiger partial charge < -0.3 is 4.98 Å². The maximum absolute atomic E-state index is 11.2. The zero-order chi connectivity index (χ0) is 9.26. The molecular formula is C8H8N4O. The van der Waals surface area contributed by atoms with Gasteiger partial charge in [0, 0.05) is 6.20 Å². The molecule has 2 heterocycles. The molecular weight excluding hydrogens is 168 g/mol.